The van der Waals surface area contributed by atoms with Gasteiger partial charge in [0.05, 0.1) is 29.0 Å². The van der Waals surface area contributed by atoms with E-state index in [0.29, 0.717) is 22.8 Å². The van der Waals surface area contributed by atoms with E-state index >= 15 is 0 Å². The number of amides is 2. The van der Waals surface area contributed by atoms with Crippen molar-refractivity contribution in [2.24, 2.45) is 0 Å². The fourth-order valence-electron chi connectivity index (χ4n) is 1.87. The van der Waals surface area contributed by atoms with E-state index in [1.807, 2.05) is 0 Å². The molecule has 0 aliphatic rings. The zero-order valence-corrected chi connectivity index (χ0v) is 11.6. The molecule has 3 N–H and O–H groups in total. The molecule has 0 saturated carbocycles. The molecule has 0 aromatic carbocycles. The highest BCUT2D eigenvalue weighted by molar-refractivity contribution is 6.00. The number of nitrogens with zero attached hydrogens (tertiary/aromatic N) is 3. The van der Waals surface area contributed by atoms with Gasteiger partial charge in [-0.25, -0.2) is 4.79 Å². The van der Waals surface area contributed by atoms with Gasteiger partial charge in [-0.3, -0.25) is 14.5 Å². The molecule has 2 heterocycles. The van der Waals surface area contributed by atoms with Gasteiger partial charge in [0, 0.05) is 6.20 Å². The number of aromatic nitrogens is 3. The first-order valence-corrected chi connectivity index (χ1v) is 6.21. The summed E-state index contributed by atoms with van der Waals surface area (Å²) < 4.78 is 1.33. The highest BCUT2D eigenvalue weighted by Crippen LogP contribution is 2.19. The third-order valence-corrected chi connectivity index (χ3v) is 2.82. The molecule has 21 heavy (non-hydrogen) atoms. The van der Waals surface area contributed by atoms with Gasteiger partial charge in [-0.05, 0) is 26.0 Å². The van der Waals surface area contributed by atoms with Gasteiger partial charge in [-0.1, -0.05) is 0 Å². The smallest absolute Gasteiger partial charge is 0.325 e. The largest absolute Gasteiger partial charge is 0.480 e. The van der Waals surface area contributed by atoms with Gasteiger partial charge in [-0.15, -0.1) is 0 Å². The molecular weight excluding hydrogens is 274 g/mol. The van der Waals surface area contributed by atoms with Gasteiger partial charge in [-0.2, -0.15) is 5.10 Å². The zero-order valence-electron chi connectivity index (χ0n) is 11.6. The van der Waals surface area contributed by atoms with Gasteiger partial charge in [0.15, 0.2) is 0 Å². The fourth-order valence-corrected chi connectivity index (χ4v) is 1.87. The summed E-state index contributed by atoms with van der Waals surface area (Å²) in [6.45, 7) is 3.15. The van der Waals surface area contributed by atoms with Crippen molar-refractivity contribution in [1.82, 2.24) is 14.8 Å². The van der Waals surface area contributed by atoms with Crippen molar-refractivity contribution < 1.29 is 14.7 Å². The van der Waals surface area contributed by atoms with Crippen LogP contribution in [-0.2, 0) is 11.3 Å². The Morgan fingerprint density at radius 2 is 2.10 bits per heavy atom. The standard InChI is InChI=1S/C13H15N5O3/c1-8-12(9(2)18(17-8)7-11(19)20)16-13(21)15-10-4-3-5-14-6-10/h3-6H,7H2,1-2H3,(H,19,20)(H2,15,16,21). The number of carbonyl (C=O) groups is 2. The second-order valence-corrected chi connectivity index (χ2v) is 4.42. The van der Waals surface area contributed by atoms with Crippen LogP contribution < -0.4 is 10.6 Å². The maximum Gasteiger partial charge on any atom is 0.325 e. The molecule has 0 atom stereocenters. The summed E-state index contributed by atoms with van der Waals surface area (Å²) in [6, 6.07) is 2.97. The first-order chi connectivity index (χ1) is 9.97. The van der Waals surface area contributed by atoms with Gasteiger partial charge >= 0.3 is 12.0 Å². The molecule has 8 heteroatoms. The van der Waals surface area contributed by atoms with Crippen molar-refractivity contribution >= 4 is 23.4 Å². The molecule has 8 nitrogen and oxygen atoms in total. The number of rotatable bonds is 4. The lowest BCUT2D eigenvalue weighted by Crippen LogP contribution is -2.20. The SMILES string of the molecule is Cc1nn(CC(=O)O)c(C)c1NC(=O)Nc1cccnc1. The summed E-state index contributed by atoms with van der Waals surface area (Å²) in [5, 5.41) is 18.2. The molecule has 2 aromatic rings. The normalized spacial score (nSPS) is 10.2. The Hall–Kier alpha value is -2.90. The number of carboxylic acids is 1. The first kappa shape index (κ1) is 14.5. The van der Waals surface area contributed by atoms with Crippen molar-refractivity contribution in [1.29, 1.82) is 0 Å². The van der Waals surface area contributed by atoms with Crippen LogP contribution in [-0.4, -0.2) is 31.9 Å². The van der Waals surface area contributed by atoms with Crippen molar-refractivity contribution in [3.8, 4) is 0 Å². The molecule has 0 aliphatic heterocycles. The number of pyridine rings is 1. The monoisotopic (exact) mass is 289 g/mol. The highest BCUT2D eigenvalue weighted by Gasteiger charge is 2.15. The first-order valence-electron chi connectivity index (χ1n) is 6.21. The second-order valence-electron chi connectivity index (χ2n) is 4.42. The minimum Gasteiger partial charge on any atom is -0.480 e. The van der Waals surface area contributed by atoms with E-state index in [9.17, 15) is 9.59 Å². The third kappa shape index (κ3) is 3.56. The van der Waals surface area contributed by atoms with Crippen LogP contribution in [0, 0.1) is 13.8 Å². The van der Waals surface area contributed by atoms with E-state index in [2.05, 4.69) is 20.7 Å². The molecule has 0 aliphatic carbocycles. The maximum absolute atomic E-state index is 11.9. The number of carbonyl (C=O) groups excluding carboxylic acids is 1. The molecule has 0 saturated heterocycles. The van der Waals surface area contributed by atoms with Crippen LogP contribution in [0.25, 0.3) is 0 Å². The Balaban J connectivity index is 2.10. The van der Waals surface area contributed by atoms with Crippen LogP contribution in [0.15, 0.2) is 24.5 Å². The predicted molar refractivity (Wildman–Crippen MR) is 76.2 cm³/mol. The van der Waals surface area contributed by atoms with E-state index in [-0.39, 0.29) is 6.54 Å². The predicted octanol–water partition coefficient (Wildman–Crippen LogP) is 1.62. The number of nitrogens with one attached hydrogen (secondary N) is 2. The van der Waals surface area contributed by atoms with Gasteiger partial charge in [0.25, 0.3) is 0 Å². The van der Waals surface area contributed by atoms with Gasteiger partial charge < -0.3 is 15.7 Å². The van der Waals surface area contributed by atoms with Crippen LogP contribution >= 0.6 is 0 Å². The summed E-state index contributed by atoms with van der Waals surface area (Å²) in [6.07, 6.45) is 3.13. The Morgan fingerprint density at radius 1 is 1.33 bits per heavy atom. The highest BCUT2D eigenvalue weighted by atomic mass is 16.4. The topological polar surface area (TPSA) is 109 Å². The van der Waals surface area contributed by atoms with Crippen molar-refractivity contribution in [3.05, 3.63) is 35.9 Å². The average molecular weight is 289 g/mol. The van der Waals surface area contributed by atoms with Crippen LogP contribution in [0.5, 0.6) is 0 Å². The third-order valence-electron chi connectivity index (χ3n) is 2.82. The number of carboxylic acid groups (broad SMARTS) is 1. The Kier molecular flexibility index (Phi) is 4.17. The molecule has 110 valence electrons. The minimum atomic E-state index is -0.994. The van der Waals surface area contributed by atoms with Gasteiger partial charge in [0.1, 0.15) is 6.54 Å². The van der Waals surface area contributed by atoms with E-state index in [1.54, 1.807) is 32.2 Å². The lowest BCUT2D eigenvalue weighted by atomic mass is 10.3. The van der Waals surface area contributed by atoms with Crippen LogP contribution in [0.3, 0.4) is 0 Å². The summed E-state index contributed by atoms with van der Waals surface area (Å²) in [7, 11) is 0. The van der Waals surface area contributed by atoms with E-state index in [0.717, 1.165) is 0 Å². The molecule has 0 fully saturated rings. The number of hydrogen-bond donors (Lipinski definition) is 3. The molecule has 2 aromatic heterocycles. The molecule has 2 rings (SSSR count). The molecule has 2 amide bonds. The summed E-state index contributed by atoms with van der Waals surface area (Å²) in [4.78, 5) is 26.5. The number of hydrogen-bond acceptors (Lipinski definition) is 4. The van der Waals surface area contributed by atoms with Crippen LogP contribution in [0.2, 0.25) is 0 Å². The molecule has 0 bridgehead atoms. The Morgan fingerprint density at radius 3 is 2.71 bits per heavy atom. The van der Waals surface area contributed by atoms with Crippen molar-refractivity contribution in [2.75, 3.05) is 10.6 Å². The molecule has 0 unspecified atom stereocenters. The maximum atomic E-state index is 11.9. The van der Waals surface area contributed by atoms with Crippen molar-refractivity contribution in [3.63, 3.8) is 0 Å². The molecule has 0 spiro atoms. The van der Waals surface area contributed by atoms with E-state index in [1.165, 1.54) is 10.9 Å². The summed E-state index contributed by atoms with van der Waals surface area (Å²) in [5.41, 5.74) is 2.19. The van der Waals surface area contributed by atoms with E-state index in [4.69, 9.17) is 5.11 Å². The Labute approximate surface area is 120 Å². The summed E-state index contributed by atoms with van der Waals surface area (Å²) in [5.74, 6) is -0.994. The van der Waals surface area contributed by atoms with E-state index < -0.39 is 12.0 Å². The zero-order chi connectivity index (χ0) is 15.4. The number of aryl methyl sites for hydroxylation is 1. The quantitative estimate of drug-likeness (QED) is 0.792. The molecule has 0 radical (unpaired) electrons. The minimum absolute atomic E-state index is 0.251. The number of aliphatic carboxylic acids is 1. The Bertz CT molecular complexity index is 666. The second kappa shape index (κ2) is 6.04. The van der Waals surface area contributed by atoms with Crippen molar-refractivity contribution in [2.45, 2.75) is 20.4 Å². The average Bonchev–Trinajstić information content (AvgIpc) is 2.67. The lowest BCUT2D eigenvalue weighted by molar-refractivity contribution is -0.137. The van der Waals surface area contributed by atoms with Crippen LogP contribution in [0.4, 0.5) is 16.2 Å². The number of urea groups is 1. The number of anilines is 2. The molecular formula is C13H15N5O3. The lowest BCUT2D eigenvalue weighted by Gasteiger charge is -2.07. The summed E-state index contributed by atoms with van der Waals surface area (Å²) >= 11 is 0. The fraction of sp³-hybridized carbons (Fsp3) is 0.231. The van der Waals surface area contributed by atoms with Crippen LogP contribution in [0.1, 0.15) is 11.4 Å². The van der Waals surface area contributed by atoms with Gasteiger partial charge in [0.2, 0.25) is 0 Å².